The van der Waals surface area contributed by atoms with E-state index in [1.165, 1.54) is 44.5 Å². The molecule has 0 heterocycles. The molecule has 172 valence electrons. The van der Waals surface area contributed by atoms with Gasteiger partial charge >= 0.3 is 0 Å². The quantitative estimate of drug-likeness (QED) is 0.240. The van der Waals surface area contributed by atoms with Crippen molar-refractivity contribution >= 4 is 43.4 Å². The Morgan fingerprint density at radius 1 is 0.543 bits per heavy atom. The van der Waals surface area contributed by atoms with Crippen LogP contribution in [0.5, 0.6) is 0 Å². The highest BCUT2D eigenvalue weighted by atomic mass is 35.5. The van der Waals surface area contributed by atoms with Crippen molar-refractivity contribution in [1.82, 2.24) is 0 Å². The van der Waals surface area contributed by atoms with E-state index in [0.717, 1.165) is 22.9 Å². The predicted molar refractivity (Wildman–Crippen MR) is 155 cm³/mol. The highest BCUT2D eigenvalue weighted by Crippen LogP contribution is 2.43. The molecular formula is C32H26Cl2Si. The fraction of sp³-hybridized carbons (Fsp3) is 0.125. The molecule has 4 aromatic carbocycles. The smallest absolute Gasteiger partial charge is 0.0843 e. The molecule has 0 aromatic heterocycles. The molecule has 3 heteroatoms. The normalized spacial score (nSPS) is 14.4. The number of allylic oxidation sites excluding steroid dienone is 2. The van der Waals surface area contributed by atoms with Gasteiger partial charge in [-0.1, -0.05) is 120 Å². The third-order valence-electron chi connectivity index (χ3n) is 7.71. The number of hydrogen-bond acceptors (Lipinski definition) is 0. The average Bonchev–Trinajstić information content (AvgIpc) is 3.50. The van der Waals surface area contributed by atoms with Crippen LogP contribution in [0.25, 0.3) is 34.4 Å². The highest BCUT2D eigenvalue weighted by Gasteiger charge is 2.36. The Kier molecular flexibility index (Phi) is 5.60. The molecule has 0 atom stereocenters. The maximum atomic E-state index is 6.15. The molecule has 0 nitrogen and oxygen atoms in total. The minimum Gasteiger partial charge on any atom is -0.0843 e. The zero-order valence-corrected chi connectivity index (χ0v) is 22.4. The summed E-state index contributed by atoms with van der Waals surface area (Å²) in [6.07, 6.45) is 7.09. The summed E-state index contributed by atoms with van der Waals surface area (Å²) in [6, 6.07) is 29.9. The summed E-state index contributed by atoms with van der Waals surface area (Å²) in [4.78, 5) is 0. The Hall–Kier alpha value is -2.84. The first-order valence-electron chi connectivity index (χ1n) is 12.1. The lowest BCUT2D eigenvalue weighted by Gasteiger charge is -2.26. The van der Waals surface area contributed by atoms with E-state index in [1.54, 1.807) is 10.4 Å². The SMILES string of the molecule is C[Si](C)(C1=Cc2c(cccc2-c2ccc(Cl)cc2)C1)C1=Cc2c(cccc2-c2ccc(Cl)cc2)C1. The molecule has 0 bridgehead atoms. The van der Waals surface area contributed by atoms with Gasteiger partial charge in [0.2, 0.25) is 0 Å². The topological polar surface area (TPSA) is 0 Å². The van der Waals surface area contributed by atoms with E-state index in [1.807, 2.05) is 24.3 Å². The van der Waals surface area contributed by atoms with Gasteiger partial charge < -0.3 is 0 Å². The van der Waals surface area contributed by atoms with E-state index in [0.29, 0.717) is 0 Å². The molecule has 0 amide bonds. The van der Waals surface area contributed by atoms with Crippen molar-refractivity contribution in [3.05, 3.63) is 128 Å². The van der Waals surface area contributed by atoms with E-state index in [9.17, 15) is 0 Å². The first-order valence-corrected chi connectivity index (χ1v) is 15.8. The molecule has 2 aliphatic carbocycles. The van der Waals surface area contributed by atoms with Crippen LogP contribution in [0.15, 0.2) is 95.3 Å². The van der Waals surface area contributed by atoms with E-state index in [4.69, 9.17) is 23.2 Å². The molecule has 0 unspecified atom stereocenters. The van der Waals surface area contributed by atoms with Gasteiger partial charge in [0.25, 0.3) is 0 Å². The van der Waals surface area contributed by atoms with E-state index >= 15 is 0 Å². The molecule has 4 aromatic rings. The Morgan fingerprint density at radius 3 is 1.34 bits per heavy atom. The first kappa shape index (κ1) is 22.6. The molecule has 0 radical (unpaired) electrons. The van der Waals surface area contributed by atoms with Crippen LogP contribution in [-0.2, 0) is 12.8 Å². The summed E-state index contributed by atoms with van der Waals surface area (Å²) in [5.74, 6) is 0. The standard InChI is InChI=1S/C32H26Cl2Si/c1-35(2,27-17-23-5-3-7-29(31(23)19-27)21-9-13-25(33)14-10-21)28-18-24-6-4-8-30(32(24)20-28)22-11-15-26(34)16-12-22/h3-16,19-20H,17-18H2,1-2H3. The summed E-state index contributed by atoms with van der Waals surface area (Å²) in [5, 5.41) is 4.77. The van der Waals surface area contributed by atoms with Crippen LogP contribution in [0.1, 0.15) is 22.3 Å². The summed E-state index contributed by atoms with van der Waals surface area (Å²) in [6.45, 7) is 5.04. The van der Waals surface area contributed by atoms with Gasteiger partial charge in [0.05, 0.1) is 0 Å². The summed E-state index contributed by atoms with van der Waals surface area (Å²) in [7, 11) is -1.82. The first-order chi connectivity index (χ1) is 16.9. The van der Waals surface area contributed by atoms with Crippen LogP contribution in [0.4, 0.5) is 0 Å². The molecule has 0 saturated heterocycles. The van der Waals surface area contributed by atoms with E-state index in [2.05, 4.69) is 85.9 Å². The molecule has 0 N–H and O–H groups in total. The number of rotatable bonds is 4. The third-order valence-corrected chi connectivity index (χ3v) is 12.1. The van der Waals surface area contributed by atoms with Crippen molar-refractivity contribution in [2.45, 2.75) is 25.9 Å². The van der Waals surface area contributed by atoms with Gasteiger partial charge in [0.1, 0.15) is 8.07 Å². The van der Waals surface area contributed by atoms with Crippen molar-refractivity contribution in [3.63, 3.8) is 0 Å². The lowest BCUT2D eigenvalue weighted by atomic mass is 9.97. The van der Waals surface area contributed by atoms with Crippen LogP contribution < -0.4 is 0 Å². The van der Waals surface area contributed by atoms with Gasteiger partial charge in [-0.25, -0.2) is 0 Å². The molecule has 0 spiro atoms. The largest absolute Gasteiger partial charge is 0.103 e. The van der Waals surface area contributed by atoms with Crippen LogP contribution in [0.2, 0.25) is 23.1 Å². The van der Waals surface area contributed by atoms with Crippen molar-refractivity contribution in [1.29, 1.82) is 0 Å². The van der Waals surface area contributed by atoms with Gasteiger partial charge in [-0.2, -0.15) is 0 Å². The summed E-state index contributed by atoms with van der Waals surface area (Å²) >= 11 is 12.3. The molecule has 35 heavy (non-hydrogen) atoms. The van der Waals surface area contributed by atoms with Crippen molar-refractivity contribution in [3.8, 4) is 22.3 Å². The molecular weight excluding hydrogens is 483 g/mol. The second-order valence-corrected chi connectivity index (χ2v) is 15.5. The lowest BCUT2D eigenvalue weighted by Crippen LogP contribution is -2.32. The van der Waals surface area contributed by atoms with E-state index in [-0.39, 0.29) is 0 Å². The van der Waals surface area contributed by atoms with Crippen molar-refractivity contribution in [2.75, 3.05) is 0 Å². The van der Waals surface area contributed by atoms with Gasteiger partial charge in [0, 0.05) is 10.0 Å². The Bertz CT molecular complexity index is 1390. The fourth-order valence-electron chi connectivity index (χ4n) is 5.51. The minimum absolute atomic E-state index is 0.775. The van der Waals surface area contributed by atoms with Crippen molar-refractivity contribution in [2.24, 2.45) is 0 Å². The van der Waals surface area contributed by atoms with Crippen LogP contribution in [0.3, 0.4) is 0 Å². The monoisotopic (exact) mass is 508 g/mol. The van der Waals surface area contributed by atoms with Gasteiger partial charge in [-0.15, -0.1) is 0 Å². The van der Waals surface area contributed by atoms with Crippen LogP contribution in [-0.4, -0.2) is 8.07 Å². The summed E-state index contributed by atoms with van der Waals surface area (Å²) < 4.78 is 0. The fourth-order valence-corrected chi connectivity index (χ4v) is 8.45. The average molecular weight is 510 g/mol. The summed E-state index contributed by atoms with van der Waals surface area (Å²) in [5.41, 5.74) is 10.7. The Labute approximate surface area is 218 Å². The van der Waals surface area contributed by atoms with E-state index < -0.39 is 8.07 Å². The minimum atomic E-state index is -1.82. The van der Waals surface area contributed by atoms with Gasteiger partial charge in [-0.05, 0) is 81.6 Å². The zero-order valence-electron chi connectivity index (χ0n) is 19.9. The van der Waals surface area contributed by atoms with Gasteiger partial charge in [-0.3, -0.25) is 0 Å². The third kappa shape index (κ3) is 4.02. The maximum Gasteiger partial charge on any atom is 0.103 e. The zero-order chi connectivity index (χ0) is 24.2. The van der Waals surface area contributed by atoms with Gasteiger partial charge in [0.15, 0.2) is 0 Å². The molecule has 0 saturated carbocycles. The number of benzene rings is 4. The molecule has 2 aliphatic rings. The highest BCUT2D eigenvalue weighted by molar-refractivity contribution is 6.92. The lowest BCUT2D eigenvalue weighted by molar-refractivity contribution is 1.22. The second kappa shape index (κ2) is 8.67. The Balaban J connectivity index is 1.37. The molecule has 0 fully saturated rings. The number of hydrogen-bond donors (Lipinski definition) is 0. The number of halogens is 2. The van der Waals surface area contributed by atoms with Crippen LogP contribution >= 0.6 is 23.2 Å². The maximum absolute atomic E-state index is 6.15. The predicted octanol–water partition coefficient (Wildman–Crippen LogP) is 9.69. The van der Waals surface area contributed by atoms with Crippen LogP contribution in [0, 0.1) is 0 Å². The second-order valence-electron chi connectivity index (χ2n) is 10.1. The Morgan fingerprint density at radius 2 is 0.943 bits per heavy atom. The molecule has 0 aliphatic heterocycles. The number of fused-ring (bicyclic) bond motifs is 2. The van der Waals surface area contributed by atoms with Crippen molar-refractivity contribution < 1.29 is 0 Å². The molecule has 6 rings (SSSR count).